The van der Waals surface area contributed by atoms with E-state index < -0.39 is 0 Å². The number of hydrogen-bond acceptors (Lipinski definition) is 5. The molecular formula is C21H34Cl2N2O3. The quantitative estimate of drug-likeness (QED) is 0.748. The molecule has 0 radical (unpaired) electrons. The van der Waals surface area contributed by atoms with Gasteiger partial charge >= 0.3 is 0 Å². The van der Waals surface area contributed by atoms with Gasteiger partial charge in [0.25, 0.3) is 0 Å². The molecule has 4 atom stereocenters. The van der Waals surface area contributed by atoms with Crippen LogP contribution in [0.1, 0.15) is 25.7 Å². The average Bonchev–Trinajstić information content (AvgIpc) is 3.04. The van der Waals surface area contributed by atoms with Gasteiger partial charge in [-0.1, -0.05) is 12.1 Å². The molecule has 4 rings (SSSR count). The molecule has 2 saturated heterocycles. The fourth-order valence-corrected chi connectivity index (χ4v) is 5.07. The zero-order valence-corrected chi connectivity index (χ0v) is 18.2. The Morgan fingerprint density at radius 2 is 1.68 bits per heavy atom. The Kier molecular flexibility index (Phi) is 9.16. The lowest BCUT2D eigenvalue weighted by atomic mass is 9.78. The second kappa shape index (κ2) is 10.9. The van der Waals surface area contributed by atoms with Crippen LogP contribution in [0.3, 0.4) is 0 Å². The second-order valence-corrected chi connectivity index (χ2v) is 8.28. The first-order valence-electron chi connectivity index (χ1n) is 10.1. The van der Waals surface area contributed by atoms with Gasteiger partial charge in [-0.05, 0) is 68.7 Å². The lowest BCUT2D eigenvalue weighted by molar-refractivity contribution is -0.0240. The molecule has 3 aliphatic rings. The van der Waals surface area contributed by atoms with Crippen LogP contribution in [0.4, 0.5) is 0 Å². The van der Waals surface area contributed by atoms with E-state index in [1.165, 1.54) is 32.5 Å². The van der Waals surface area contributed by atoms with Crippen LogP contribution in [0, 0.1) is 17.8 Å². The van der Waals surface area contributed by atoms with Gasteiger partial charge in [-0.2, -0.15) is 0 Å². The van der Waals surface area contributed by atoms with E-state index in [1.807, 2.05) is 24.3 Å². The Labute approximate surface area is 181 Å². The third-order valence-corrected chi connectivity index (χ3v) is 6.48. The number of rotatable bonds is 5. The van der Waals surface area contributed by atoms with Crippen molar-refractivity contribution in [1.82, 2.24) is 10.2 Å². The minimum absolute atomic E-state index is 0. The van der Waals surface area contributed by atoms with E-state index >= 15 is 0 Å². The van der Waals surface area contributed by atoms with Crippen LogP contribution in [-0.2, 0) is 0 Å². The largest absolute Gasteiger partial charge is 0.493 e. The van der Waals surface area contributed by atoms with Gasteiger partial charge in [-0.15, -0.1) is 24.8 Å². The van der Waals surface area contributed by atoms with Crippen LogP contribution in [0.2, 0.25) is 0 Å². The van der Waals surface area contributed by atoms with Crippen LogP contribution >= 0.6 is 24.8 Å². The molecule has 28 heavy (non-hydrogen) atoms. The molecule has 160 valence electrons. The predicted octanol–water partition coefficient (Wildman–Crippen LogP) is 2.99. The second-order valence-electron chi connectivity index (χ2n) is 8.28. The summed E-state index contributed by atoms with van der Waals surface area (Å²) in [4.78, 5) is 2.64. The lowest BCUT2D eigenvalue weighted by Crippen LogP contribution is -2.42. The zero-order chi connectivity index (χ0) is 17.9. The first-order valence-corrected chi connectivity index (χ1v) is 10.1. The third kappa shape index (κ3) is 5.45. The van der Waals surface area contributed by atoms with Gasteiger partial charge < -0.3 is 24.8 Å². The molecule has 1 saturated carbocycles. The Hall–Kier alpha value is -0.720. The van der Waals surface area contributed by atoms with Crippen LogP contribution in [-0.4, -0.2) is 62.0 Å². The fraction of sp³-hybridized carbons (Fsp3) is 0.714. The van der Waals surface area contributed by atoms with Gasteiger partial charge in [0, 0.05) is 19.6 Å². The number of aliphatic hydroxyl groups excluding tert-OH is 1. The summed E-state index contributed by atoms with van der Waals surface area (Å²) in [6.45, 7) is 5.86. The van der Waals surface area contributed by atoms with Crippen molar-refractivity contribution in [1.29, 1.82) is 0 Å². The number of para-hydroxylation sites is 2. The van der Waals surface area contributed by atoms with E-state index in [1.54, 1.807) is 7.11 Å². The number of halogens is 2. The highest BCUT2D eigenvalue weighted by Gasteiger charge is 2.43. The number of fused-ring (bicyclic) bond motifs is 1. The smallest absolute Gasteiger partial charge is 0.161 e. The van der Waals surface area contributed by atoms with Crippen molar-refractivity contribution in [3.63, 3.8) is 0 Å². The SMILES string of the molecule is COc1ccccc1O[C@@H]1C[C@@H]2CN(CC3CCNCC3)C[C@@H]2C[C@H]1O.Cl.Cl. The minimum Gasteiger partial charge on any atom is -0.493 e. The minimum atomic E-state index is -0.389. The number of methoxy groups -OCH3 is 1. The Morgan fingerprint density at radius 3 is 2.36 bits per heavy atom. The molecule has 7 heteroatoms. The molecule has 2 aliphatic heterocycles. The van der Waals surface area contributed by atoms with Crippen LogP contribution in [0.15, 0.2) is 24.3 Å². The summed E-state index contributed by atoms with van der Waals surface area (Å²) in [6.07, 6.45) is 3.87. The molecular weight excluding hydrogens is 399 g/mol. The fourth-order valence-electron chi connectivity index (χ4n) is 5.07. The van der Waals surface area contributed by atoms with Crippen molar-refractivity contribution in [3.05, 3.63) is 24.3 Å². The number of aliphatic hydroxyl groups is 1. The first kappa shape index (κ1) is 23.6. The Balaban J connectivity index is 0.00000140. The maximum absolute atomic E-state index is 10.7. The topological polar surface area (TPSA) is 54.0 Å². The van der Waals surface area contributed by atoms with Crippen molar-refractivity contribution in [3.8, 4) is 11.5 Å². The molecule has 0 amide bonds. The van der Waals surface area contributed by atoms with Gasteiger partial charge in [-0.25, -0.2) is 0 Å². The number of likely N-dealkylation sites (tertiary alicyclic amines) is 1. The van der Waals surface area contributed by atoms with Gasteiger partial charge in [0.15, 0.2) is 11.5 Å². The molecule has 5 nitrogen and oxygen atoms in total. The molecule has 2 heterocycles. The standard InChI is InChI=1S/C21H32N2O3.2ClH/c1-25-19-4-2-3-5-20(19)26-21-11-17-14-23(13-16(17)10-18(21)24)12-15-6-8-22-9-7-15;;/h2-5,15-18,21-22,24H,6-14H2,1H3;2*1H/t16-,17+,18+,21+;;/m0../s1. The summed E-state index contributed by atoms with van der Waals surface area (Å²) < 4.78 is 11.6. The third-order valence-electron chi connectivity index (χ3n) is 6.48. The number of hydrogen-bond donors (Lipinski definition) is 2. The summed E-state index contributed by atoms with van der Waals surface area (Å²) in [5.74, 6) is 3.56. The van der Waals surface area contributed by atoms with Crippen LogP contribution in [0.25, 0.3) is 0 Å². The summed E-state index contributed by atoms with van der Waals surface area (Å²) in [5, 5.41) is 14.1. The molecule has 0 bridgehead atoms. The maximum atomic E-state index is 10.7. The molecule has 3 fully saturated rings. The van der Waals surface area contributed by atoms with Crippen molar-refractivity contribution in [2.45, 2.75) is 37.9 Å². The van der Waals surface area contributed by atoms with E-state index in [-0.39, 0.29) is 37.0 Å². The summed E-state index contributed by atoms with van der Waals surface area (Å²) in [7, 11) is 1.66. The van der Waals surface area contributed by atoms with Crippen molar-refractivity contribution < 1.29 is 14.6 Å². The van der Waals surface area contributed by atoms with E-state index in [9.17, 15) is 5.11 Å². The van der Waals surface area contributed by atoms with Gasteiger partial charge in [0.2, 0.25) is 0 Å². The highest BCUT2D eigenvalue weighted by Crippen LogP contribution is 2.39. The van der Waals surface area contributed by atoms with E-state index in [0.29, 0.717) is 11.8 Å². The Morgan fingerprint density at radius 1 is 1.04 bits per heavy atom. The summed E-state index contributed by atoms with van der Waals surface area (Å²) in [6, 6.07) is 7.72. The monoisotopic (exact) mass is 432 g/mol. The van der Waals surface area contributed by atoms with Crippen molar-refractivity contribution in [2.75, 3.05) is 39.8 Å². The molecule has 0 unspecified atom stereocenters. The Bertz CT molecular complexity index is 601. The number of ether oxygens (including phenoxy) is 2. The molecule has 0 aromatic heterocycles. The lowest BCUT2D eigenvalue weighted by Gasteiger charge is -2.35. The van der Waals surface area contributed by atoms with Gasteiger partial charge in [0.1, 0.15) is 6.10 Å². The number of nitrogens with zero attached hydrogens (tertiary/aromatic N) is 1. The number of nitrogens with one attached hydrogen (secondary N) is 1. The summed E-state index contributed by atoms with van der Waals surface area (Å²) >= 11 is 0. The molecule has 0 spiro atoms. The molecule has 1 aromatic carbocycles. The van der Waals surface area contributed by atoms with Crippen LogP contribution < -0.4 is 14.8 Å². The average molecular weight is 433 g/mol. The zero-order valence-electron chi connectivity index (χ0n) is 16.6. The van der Waals surface area contributed by atoms with E-state index in [2.05, 4.69) is 10.2 Å². The highest BCUT2D eigenvalue weighted by atomic mass is 35.5. The predicted molar refractivity (Wildman–Crippen MR) is 116 cm³/mol. The van der Waals surface area contributed by atoms with Crippen molar-refractivity contribution in [2.24, 2.45) is 17.8 Å². The van der Waals surface area contributed by atoms with Crippen molar-refractivity contribution >= 4 is 24.8 Å². The summed E-state index contributed by atoms with van der Waals surface area (Å²) in [5.41, 5.74) is 0. The van der Waals surface area contributed by atoms with E-state index in [4.69, 9.17) is 9.47 Å². The number of benzene rings is 1. The van der Waals surface area contributed by atoms with Gasteiger partial charge in [-0.3, -0.25) is 0 Å². The first-order chi connectivity index (χ1) is 12.7. The highest BCUT2D eigenvalue weighted by molar-refractivity contribution is 5.85. The number of piperidine rings is 1. The molecule has 1 aromatic rings. The van der Waals surface area contributed by atoms with E-state index in [0.717, 1.165) is 43.3 Å². The normalized spacial score (nSPS) is 30.6. The maximum Gasteiger partial charge on any atom is 0.161 e. The van der Waals surface area contributed by atoms with Gasteiger partial charge in [0.05, 0.1) is 13.2 Å². The molecule has 2 N–H and O–H groups in total. The van der Waals surface area contributed by atoms with Crippen LogP contribution in [0.5, 0.6) is 11.5 Å². The molecule has 1 aliphatic carbocycles.